The summed E-state index contributed by atoms with van der Waals surface area (Å²) in [4.78, 5) is 4.85. The van der Waals surface area contributed by atoms with Crippen LogP contribution in [0.2, 0.25) is 0 Å². The van der Waals surface area contributed by atoms with Crippen molar-refractivity contribution in [3.8, 4) is 0 Å². The van der Waals surface area contributed by atoms with Crippen molar-refractivity contribution in [1.29, 1.82) is 0 Å². The molecule has 0 aromatic heterocycles. The van der Waals surface area contributed by atoms with Crippen molar-refractivity contribution in [2.45, 2.75) is 24.1 Å². The van der Waals surface area contributed by atoms with Crippen LogP contribution in [0.3, 0.4) is 0 Å². The van der Waals surface area contributed by atoms with Crippen molar-refractivity contribution in [2.24, 2.45) is 0 Å². The van der Waals surface area contributed by atoms with E-state index in [1.54, 1.807) is 7.11 Å². The average Bonchev–Trinajstić information content (AvgIpc) is 2.53. The van der Waals surface area contributed by atoms with Gasteiger partial charge in [-0.1, -0.05) is 5.04 Å². The van der Waals surface area contributed by atoms with E-state index in [-0.39, 0.29) is 6.10 Å². The summed E-state index contributed by atoms with van der Waals surface area (Å²) in [7, 11) is 1.67. The predicted octanol–water partition coefficient (Wildman–Crippen LogP) is 1.01. The zero-order chi connectivity index (χ0) is 8.44. The Labute approximate surface area is 74.3 Å². The summed E-state index contributed by atoms with van der Waals surface area (Å²) in [5.74, 6) is 0. The summed E-state index contributed by atoms with van der Waals surface area (Å²) < 4.78 is 15.1. The van der Waals surface area contributed by atoms with Crippen molar-refractivity contribution < 1.29 is 23.7 Å². The Kier molecular flexibility index (Phi) is 2.54. The van der Waals surface area contributed by atoms with Crippen LogP contribution >= 0.6 is 12.0 Å². The van der Waals surface area contributed by atoms with E-state index in [2.05, 4.69) is 9.37 Å². The number of hydrogen-bond acceptors (Lipinski definition) is 6. The van der Waals surface area contributed by atoms with Crippen molar-refractivity contribution in [3.63, 3.8) is 0 Å². The van der Waals surface area contributed by atoms with Gasteiger partial charge in [-0.15, -0.1) is 4.33 Å². The second-order valence-corrected chi connectivity index (χ2v) is 3.61. The molecule has 0 saturated carbocycles. The fourth-order valence-corrected chi connectivity index (χ4v) is 1.85. The smallest absolute Gasteiger partial charge is 0.283 e. The molecule has 0 aliphatic carbocycles. The molecule has 2 heterocycles. The van der Waals surface area contributed by atoms with Gasteiger partial charge in [-0.3, -0.25) is 0 Å². The van der Waals surface area contributed by atoms with Crippen molar-refractivity contribution in [3.05, 3.63) is 0 Å². The third-order valence-corrected chi connectivity index (χ3v) is 2.65. The van der Waals surface area contributed by atoms with Gasteiger partial charge in [0.2, 0.25) is 0 Å². The zero-order valence-corrected chi connectivity index (χ0v) is 7.46. The van der Waals surface area contributed by atoms with Crippen LogP contribution < -0.4 is 0 Å². The molecule has 2 atom stereocenters. The van der Waals surface area contributed by atoms with Crippen LogP contribution in [0.1, 0.15) is 12.8 Å². The normalized spacial score (nSPS) is 42.2. The van der Waals surface area contributed by atoms with E-state index in [1.165, 1.54) is 0 Å². The van der Waals surface area contributed by atoms with Gasteiger partial charge in [0, 0.05) is 13.5 Å². The lowest BCUT2D eigenvalue weighted by atomic mass is 10.1. The third-order valence-electron chi connectivity index (χ3n) is 1.92. The van der Waals surface area contributed by atoms with Crippen LogP contribution in [0.25, 0.3) is 0 Å². The molecule has 2 fully saturated rings. The van der Waals surface area contributed by atoms with Crippen LogP contribution in [0.4, 0.5) is 0 Å². The first-order valence-corrected chi connectivity index (χ1v) is 4.46. The summed E-state index contributed by atoms with van der Waals surface area (Å²) >= 11 is 1.04. The maximum absolute atomic E-state index is 5.37. The maximum Gasteiger partial charge on any atom is 0.283 e. The highest BCUT2D eigenvalue weighted by Crippen LogP contribution is 2.43. The number of hydrogen-bond donors (Lipinski definition) is 0. The minimum Gasteiger partial charge on any atom is -0.381 e. The molecular formula is C6H10O5S. The van der Waals surface area contributed by atoms with Crippen molar-refractivity contribution in [1.82, 2.24) is 0 Å². The van der Waals surface area contributed by atoms with E-state index in [0.717, 1.165) is 18.5 Å². The van der Waals surface area contributed by atoms with Gasteiger partial charge in [0.25, 0.3) is 5.12 Å². The fourth-order valence-electron chi connectivity index (χ4n) is 1.25. The maximum atomic E-state index is 5.37. The van der Waals surface area contributed by atoms with Gasteiger partial charge < -0.3 is 9.47 Å². The molecule has 0 aromatic carbocycles. The standard InChI is InChI=1S/C6H10O5S/c1-7-5-2-3-8-6(4-5)9-10-11-12-6/h5H,2-4H2,1H3. The molecule has 2 aliphatic rings. The first kappa shape index (κ1) is 8.74. The quantitative estimate of drug-likeness (QED) is 0.458. The van der Waals surface area contributed by atoms with Gasteiger partial charge in [-0.05, 0) is 6.42 Å². The first-order chi connectivity index (χ1) is 5.85. The van der Waals surface area contributed by atoms with E-state index < -0.39 is 5.12 Å². The molecule has 0 aromatic rings. The lowest BCUT2D eigenvalue weighted by molar-refractivity contribution is -0.489. The minimum atomic E-state index is -0.807. The Morgan fingerprint density at radius 3 is 3.17 bits per heavy atom. The lowest BCUT2D eigenvalue weighted by Crippen LogP contribution is -2.39. The van der Waals surface area contributed by atoms with Crippen LogP contribution in [-0.4, -0.2) is 24.9 Å². The van der Waals surface area contributed by atoms with Crippen molar-refractivity contribution >= 4 is 12.0 Å². The highest BCUT2D eigenvalue weighted by molar-refractivity contribution is 7.95. The molecule has 1 spiro atoms. The Morgan fingerprint density at radius 2 is 2.50 bits per heavy atom. The molecule has 2 aliphatic heterocycles. The summed E-state index contributed by atoms with van der Waals surface area (Å²) in [6, 6.07) is 0. The second kappa shape index (κ2) is 3.49. The topological polar surface area (TPSA) is 46.2 Å². The predicted molar refractivity (Wildman–Crippen MR) is 39.6 cm³/mol. The summed E-state index contributed by atoms with van der Waals surface area (Å²) in [6.45, 7) is 0.595. The van der Waals surface area contributed by atoms with Crippen LogP contribution in [-0.2, 0) is 23.7 Å². The Morgan fingerprint density at radius 1 is 1.58 bits per heavy atom. The molecule has 2 unspecified atom stereocenters. The minimum absolute atomic E-state index is 0.150. The second-order valence-electron chi connectivity index (χ2n) is 2.68. The van der Waals surface area contributed by atoms with E-state index in [1.807, 2.05) is 0 Å². The lowest BCUT2D eigenvalue weighted by Gasteiger charge is -2.31. The molecule has 0 radical (unpaired) electrons. The summed E-state index contributed by atoms with van der Waals surface area (Å²) in [6.07, 6.45) is 1.65. The van der Waals surface area contributed by atoms with Gasteiger partial charge in [0.15, 0.2) is 0 Å². The molecule has 0 amide bonds. The van der Waals surface area contributed by atoms with Gasteiger partial charge in [-0.25, -0.2) is 0 Å². The van der Waals surface area contributed by atoms with Gasteiger partial charge in [-0.2, -0.15) is 4.89 Å². The summed E-state index contributed by atoms with van der Waals surface area (Å²) in [5.41, 5.74) is 0. The molecule has 12 heavy (non-hydrogen) atoms. The summed E-state index contributed by atoms with van der Waals surface area (Å²) in [5, 5.41) is 3.51. The number of ether oxygens (including phenoxy) is 2. The molecule has 2 saturated heterocycles. The molecule has 2 rings (SSSR count). The SMILES string of the molecule is COC1CCOC2(C1)OOOS2. The monoisotopic (exact) mass is 194 g/mol. The highest BCUT2D eigenvalue weighted by Gasteiger charge is 2.47. The molecular weight excluding hydrogens is 184 g/mol. The third kappa shape index (κ3) is 1.59. The highest BCUT2D eigenvalue weighted by atomic mass is 32.2. The van der Waals surface area contributed by atoms with Crippen LogP contribution in [0.5, 0.6) is 0 Å². The molecule has 5 nitrogen and oxygen atoms in total. The zero-order valence-electron chi connectivity index (χ0n) is 6.65. The van der Waals surface area contributed by atoms with Crippen LogP contribution in [0.15, 0.2) is 0 Å². The molecule has 70 valence electrons. The van der Waals surface area contributed by atoms with Gasteiger partial charge >= 0.3 is 0 Å². The largest absolute Gasteiger partial charge is 0.381 e. The number of methoxy groups -OCH3 is 1. The van der Waals surface area contributed by atoms with Gasteiger partial charge in [0.05, 0.1) is 12.7 Å². The average molecular weight is 194 g/mol. The Balaban J connectivity index is 1.97. The van der Waals surface area contributed by atoms with E-state index >= 15 is 0 Å². The van der Waals surface area contributed by atoms with Gasteiger partial charge in [0.1, 0.15) is 12.0 Å². The Hall–Kier alpha value is 0.150. The van der Waals surface area contributed by atoms with E-state index in [4.69, 9.17) is 14.4 Å². The Bertz CT molecular complexity index is 158. The van der Waals surface area contributed by atoms with E-state index in [0.29, 0.717) is 13.0 Å². The van der Waals surface area contributed by atoms with E-state index in [9.17, 15) is 0 Å². The fraction of sp³-hybridized carbons (Fsp3) is 1.00. The van der Waals surface area contributed by atoms with Crippen LogP contribution in [0, 0.1) is 0 Å². The molecule has 0 N–H and O–H groups in total. The molecule has 0 bridgehead atoms. The first-order valence-electron chi connectivity index (χ1n) is 3.72. The number of rotatable bonds is 1. The van der Waals surface area contributed by atoms with Crippen molar-refractivity contribution in [2.75, 3.05) is 13.7 Å². The molecule has 6 heteroatoms.